The van der Waals surface area contributed by atoms with Crippen molar-refractivity contribution < 1.29 is 4.57 Å². The zero-order valence-corrected chi connectivity index (χ0v) is 24.4. The standard InChI is InChI=1S/C36H56N/c1-3-4-5-6-7-8-9-10-11-12-13-14-15-16-17-18-19-20-21-22-27-32-33-28-23-25-30-35(33)37(2)36-31-26-24-29-34(32)36/h23-26,28-31H,3-22,27H2,1-2H3/q+1. The molecule has 37 heavy (non-hydrogen) atoms. The minimum Gasteiger partial charge on any atom is -0.194 e. The first kappa shape index (κ1) is 29.7. The van der Waals surface area contributed by atoms with Crippen LogP contribution >= 0.6 is 0 Å². The molecule has 0 saturated carbocycles. The Morgan fingerprint density at radius 2 is 0.757 bits per heavy atom. The van der Waals surface area contributed by atoms with Crippen LogP contribution in [-0.4, -0.2) is 0 Å². The molecule has 0 fully saturated rings. The summed E-state index contributed by atoms with van der Waals surface area (Å²) in [5.41, 5.74) is 4.25. The molecule has 0 amide bonds. The fourth-order valence-corrected chi connectivity index (χ4v) is 6.14. The molecule has 1 nitrogen and oxygen atoms in total. The summed E-state index contributed by atoms with van der Waals surface area (Å²) in [4.78, 5) is 0. The van der Waals surface area contributed by atoms with Crippen LogP contribution in [0.4, 0.5) is 0 Å². The number of fused-ring (bicyclic) bond motifs is 2. The summed E-state index contributed by atoms with van der Waals surface area (Å²) in [7, 11) is 2.20. The van der Waals surface area contributed by atoms with Gasteiger partial charge in [-0.1, -0.05) is 153 Å². The average molecular weight is 503 g/mol. The van der Waals surface area contributed by atoms with Crippen LogP contribution in [0.15, 0.2) is 48.5 Å². The molecule has 0 saturated heterocycles. The van der Waals surface area contributed by atoms with Crippen LogP contribution in [0.5, 0.6) is 0 Å². The topological polar surface area (TPSA) is 3.88 Å². The third-order valence-electron chi connectivity index (χ3n) is 8.46. The highest BCUT2D eigenvalue weighted by Crippen LogP contribution is 2.26. The first-order chi connectivity index (χ1) is 18.3. The van der Waals surface area contributed by atoms with Crippen LogP contribution < -0.4 is 4.57 Å². The van der Waals surface area contributed by atoms with Gasteiger partial charge in [-0.3, -0.25) is 0 Å². The molecule has 0 aliphatic carbocycles. The molecular formula is C36H56N+. The second-order valence-corrected chi connectivity index (χ2v) is 11.5. The maximum absolute atomic E-state index is 2.35. The van der Waals surface area contributed by atoms with Crippen LogP contribution in [0.25, 0.3) is 21.8 Å². The van der Waals surface area contributed by atoms with E-state index in [0.29, 0.717) is 0 Å². The minimum atomic E-state index is 1.20. The lowest BCUT2D eigenvalue weighted by Gasteiger charge is -2.10. The second kappa shape index (κ2) is 18.4. The summed E-state index contributed by atoms with van der Waals surface area (Å²) in [6, 6.07) is 17.9. The van der Waals surface area contributed by atoms with E-state index in [1.807, 2.05) is 0 Å². The quantitative estimate of drug-likeness (QED) is 0.0774. The van der Waals surface area contributed by atoms with E-state index in [1.165, 1.54) is 157 Å². The lowest BCUT2D eigenvalue weighted by atomic mass is 9.96. The molecule has 0 aliphatic rings. The predicted molar refractivity (Wildman–Crippen MR) is 164 cm³/mol. The van der Waals surface area contributed by atoms with Crippen molar-refractivity contribution in [1.82, 2.24) is 0 Å². The predicted octanol–water partition coefficient (Wildman–Crippen LogP) is 11.2. The number of hydrogen-bond donors (Lipinski definition) is 0. The van der Waals surface area contributed by atoms with Gasteiger partial charge in [0, 0.05) is 12.1 Å². The molecule has 0 aliphatic heterocycles. The summed E-state index contributed by atoms with van der Waals surface area (Å²) < 4.78 is 2.35. The third kappa shape index (κ3) is 10.4. The van der Waals surface area contributed by atoms with E-state index >= 15 is 0 Å². The molecule has 0 N–H and O–H groups in total. The van der Waals surface area contributed by atoms with Crippen molar-refractivity contribution in [3.63, 3.8) is 0 Å². The Hall–Kier alpha value is -1.89. The molecule has 0 radical (unpaired) electrons. The monoisotopic (exact) mass is 502 g/mol. The molecule has 0 atom stereocenters. The highest BCUT2D eigenvalue weighted by atomic mass is 14.9. The van der Waals surface area contributed by atoms with Gasteiger partial charge in [0.1, 0.15) is 7.05 Å². The number of aryl methyl sites for hydroxylation is 2. The van der Waals surface area contributed by atoms with Gasteiger partial charge in [-0.15, -0.1) is 0 Å². The van der Waals surface area contributed by atoms with Crippen molar-refractivity contribution >= 4 is 21.8 Å². The first-order valence-electron chi connectivity index (χ1n) is 16.1. The number of aromatic nitrogens is 1. The smallest absolute Gasteiger partial charge is 0.194 e. The third-order valence-corrected chi connectivity index (χ3v) is 8.46. The van der Waals surface area contributed by atoms with Crippen LogP contribution in [0.1, 0.15) is 141 Å². The van der Waals surface area contributed by atoms with Gasteiger partial charge in [0.15, 0.2) is 0 Å². The molecule has 3 rings (SSSR count). The van der Waals surface area contributed by atoms with Gasteiger partial charge in [0.2, 0.25) is 11.0 Å². The number of pyridine rings is 1. The van der Waals surface area contributed by atoms with Crippen molar-refractivity contribution in [2.75, 3.05) is 0 Å². The molecule has 3 aromatic rings. The molecule has 0 unspecified atom stereocenters. The van der Waals surface area contributed by atoms with E-state index in [2.05, 4.69) is 67.1 Å². The van der Waals surface area contributed by atoms with E-state index in [-0.39, 0.29) is 0 Å². The first-order valence-corrected chi connectivity index (χ1v) is 16.1. The summed E-state index contributed by atoms with van der Waals surface area (Å²) in [6.07, 6.45) is 30.0. The zero-order valence-electron chi connectivity index (χ0n) is 24.4. The average Bonchev–Trinajstić information content (AvgIpc) is 2.93. The van der Waals surface area contributed by atoms with Crippen LogP contribution in [0.2, 0.25) is 0 Å². The van der Waals surface area contributed by atoms with E-state index in [4.69, 9.17) is 0 Å². The summed E-state index contributed by atoms with van der Waals surface area (Å²) in [5.74, 6) is 0. The van der Waals surface area contributed by atoms with Crippen molar-refractivity contribution in [1.29, 1.82) is 0 Å². The number of nitrogens with zero attached hydrogens (tertiary/aromatic N) is 1. The minimum absolute atomic E-state index is 1.20. The Morgan fingerprint density at radius 3 is 1.14 bits per heavy atom. The molecule has 1 heterocycles. The zero-order chi connectivity index (χ0) is 26.0. The Labute approximate surface area is 229 Å². The summed E-state index contributed by atoms with van der Waals surface area (Å²) >= 11 is 0. The highest BCUT2D eigenvalue weighted by Gasteiger charge is 2.16. The Morgan fingerprint density at radius 1 is 0.432 bits per heavy atom. The molecule has 1 aromatic heterocycles. The van der Waals surface area contributed by atoms with Gasteiger partial charge < -0.3 is 0 Å². The van der Waals surface area contributed by atoms with E-state index < -0.39 is 0 Å². The van der Waals surface area contributed by atoms with Crippen LogP contribution in [-0.2, 0) is 13.5 Å². The molecule has 0 bridgehead atoms. The molecule has 204 valence electrons. The molecule has 0 spiro atoms. The fraction of sp³-hybridized carbons (Fsp3) is 0.639. The van der Waals surface area contributed by atoms with Gasteiger partial charge in [-0.25, -0.2) is 0 Å². The second-order valence-electron chi connectivity index (χ2n) is 11.5. The lowest BCUT2D eigenvalue weighted by Crippen LogP contribution is -2.30. The summed E-state index contributed by atoms with van der Waals surface area (Å²) in [6.45, 7) is 2.30. The largest absolute Gasteiger partial charge is 0.213 e. The summed E-state index contributed by atoms with van der Waals surface area (Å²) in [5, 5.41) is 2.86. The Balaban J connectivity index is 1.18. The lowest BCUT2D eigenvalue weighted by molar-refractivity contribution is -0.617. The molecule has 2 aromatic carbocycles. The Kier molecular flexibility index (Phi) is 14.7. The highest BCUT2D eigenvalue weighted by molar-refractivity contribution is 5.93. The van der Waals surface area contributed by atoms with E-state index in [0.717, 1.165) is 0 Å². The van der Waals surface area contributed by atoms with Crippen molar-refractivity contribution in [3.8, 4) is 0 Å². The van der Waals surface area contributed by atoms with E-state index in [1.54, 1.807) is 5.56 Å². The maximum atomic E-state index is 2.35. The molecular weight excluding hydrogens is 446 g/mol. The van der Waals surface area contributed by atoms with Gasteiger partial charge in [0.25, 0.3) is 0 Å². The fourth-order valence-electron chi connectivity index (χ4n) is 6.14. The normalized spacial score (nSPS) is 11.6. The number of benzene rings is 2. The number of rotatable bonds is 21. The van der Waals surface area contributed by atoms with E-state index in [9.17, 15) is 0 Å². The van der Waals surface area contributed by atoms with Gasteiger partial charge in [-0.05, 0) is 30.5 Å². The Bertz CT molecular complexity index is 947. The van der Waals surface area contributed by atoms with Gasteiger partial charge >= 0.3 is 0 Å². The van der Waals surface area contributed by atoms with Crippen molar-refractivity contribution in [2.24, 2.45) is 7.05 Å². The maximum Gasteiger partial charge on any atom is 0.213 e. The number of para-hydroxylation sites is 2. The van der Waals surface area contributed by atoms with Crippen LogP contribution in [0.3, 0.4) is 0 Å². The number of unbranched alkanes of at least 4 members (excludes halogenated alkanes) is 19. The van der Waals surface area contributed by atoms with Crippen molar-refractivity contribution in [3.05, 3.63) is 54.1 Å². The van der Waals surface area contributed by atoms with Gasteiger partial charge in [0.05, 0.1) is 10.8 Å². The SMILES string of the molecule is CCCCCCCCCCCCCCCCCCCCCCc1c2ccccc2[n+](C)c2ccccc12. The molecule has 1 heteroatoms. The number of hydrogen-bond acceptors (Lipinski definition) is 0. The van der Waals surface area contributed by atoms with Crippen molar-refractivity contribution in [2.45, 2.75) is 142 Å². The van der Waals surface area contributed by atoms with Crippen LogP contribution in [0, 0.1) is 0 Å². The van der Waals surface area contributed by atoms with Gasteiger partial charge in [-0.2, -0.15) is 4.57 Å².